The summed E-state index contributed by atoms with van der Waals surface area (Å²) in [6, 6.07) is 18.5. The van der Waals surface area contributed by atoms with Gasteiger partial charge in [0.05, 0.1) is 33.9 Å². The van der Waals surface area contributed by atoms with Crippen LogP contribution in [0.25, 0.3) is 0 Å². The molecule has 0 bridgehead atoms. The smallest absolute Gasteiger partial charge is 0.337 e. The average molecular weight is 454 g/mol. The average Bonchev–Trinajstić information content (AvgIpc) is 2.76. The molecule has 3 N–H and O–H groups in total. The van der Waals surface area contributed by atoms with Crippen LogP contribution in [0, 0.1) is 11.3 Å². The summed E-state index contributed by atoms with van der Waals surface area (Å²) in [7, 11) is 0. The van der Waals surface area contributed by atoms with E-state index in [-0.39, 0.29) is 17.9 Å². The first-order valence-electron chi connectivity index (χ1n) is 9.41. The van der Waals surface area contributed by atoms with Crippen molar-refractivity contribution in [2.75, 3.05) is 5.75 Å². The van der Waals surface area contributed by atoms with Crippen molar-refractivity contribution in [1.82, 2.24) is 5.32 Å². The third kappa shape index (κ3) is 5.29. The Balaban J connectivity index is 2.01. The number of nitrogens with two attached hydrogens (primary N) is 1. The van der Waals surface area contributed by atoms with Crippen molar-refractivity contribution in [3.8, 4) is 6.07 Å². The number of halogens is 1. The first-order valence-corrected chi connectivity index (χ1v) is 10.8. The Morgan fingerprint density at radius 2 is 1.87 bits per heavy atom. The van der Waals surface area contributed by atoms with Gasteiger partial charge >= 0.3 is 5.97 Å². The van der Waals surface area contributed by atoms with Gasteiger partial charge < -0.3 is 15.8 Å². The zero-order chi connectivity index (χ0) is 22.4. The fourth-order valence-corrected chi connectivity index (χ4v) is 4.34. The lowest BCUT2D eigenvalue weighted by Gasteiger charge is -2.29. The molecule has 31 heavy (non-hydrogen) atoms. The number of carbonyl (C=O) groups excluding carboxylic acids is 2. The summed E-state index contributed by atoms with van der Waals surface area (Å²) in [6.45, 7) is 1.82. The maximum Gasteiger partial charge on any atom is 0.337 e. The fraction of sp³-hybridized carbons (Fsp3) is 0.174. The van der Waals surface area contributed by atoms with Gasteiger partial charge in [0.25, 0.3) is 0 Å². The van der Waals surface area contributed by atoms with Crippen LogP contribution in [-0.2, 0) is 20.9 Å². The van der Waals surface area contributed by atoms with Crippen molar-refractivity contribution in [3.05, 3.63) is 92.6 Å². The van der Waals surface area contributed by atoms with E-state index in [4.69, 9.17) is 22.1 Å². The van der Waals surface area contributed by atoms with Gasteiger partial charge in [-0.3, -0.25) is 4.79 Å². The van der Waals surface area contributed by atoms with Gasteiger partial charge in [-0.1, -0.05) is 71.9 Å². The van der Waals surface area contributed by atoms with Crippen molar-refractivity contribution in [1.29, 1.82) is 5.26 Å². The number of carbonyl (C=O) groups is 2. The Kier molecular flexibility index (Phi) is 7.40. The van der Waals surface area contributed by atoms with Crippen LogP contribution in [0.4, 0.5) is 0 Å². The lowest BCUT2D eigenvalue weighted by Crippen LogP contribution is -2.29. The number of primary amides is 1. The second-order valence-corrected chi connectivity index (χ2v) is 8.18. The first kappa shape index (κ1) is 22.5. The van der Waals surface area contributed by atoms with Crippen LogP contribution in [0.15, 0.2) is 76.5 Å². The normalized spacial score (nSPS) is 15.8. The van der Waals surface area contributed by atoms with Crippen molar-refractivity contribution in [2.45, 2.75) is 19.4 Å². The molecule has 8 heteroatoms. The van der Waals surface area contributed by atoms with Crippen LogP contribution in [0.1, 0.15) is 24.0 Å². The van der Waals surface area contributed by atoms with Crippen molar-refractivity contribution >= 4 is 35.2 Å². The summed E-state index contributed by atoms with van der Waals surface area (Å²) in [5.74, 6) is -1.81. The third-order valence-electron chi connectivity index (χ3n) is 4.66. The van der Waals surface area contributed by atoms with E-state index in [0.717, 1.165) is 17.3 Å². The quantitative estimate of drug-likeness (QED) is 0.614. The standard InChI is InChI=1S/C23H20ClN3O3S/c1-14-20(23(29)30-12-15-7-3-2-4-8-15)21(16-9-5-6-10-18(16)24)17(11-25)22(27-14)31-13-19(26)28/h2-10,21,27H,12-13H2,1H3,(H2,26,28). The highest BCUT2D eigenvalue weighted by molar-refractivity contribution is 8.03. The second kappa shape index (κ2) is 10.2. The topological polar surface area (TPSA) is 105 Å². The molecule has 1 aliphatic heterocycles. The number of amides is 1. The maximum atomic E-state index is 13.1. The Labute approximate surface area is 189 Å². The van der Waals surface area contributed by atoms with Gasteiger partial charge in [-0.05, 0) is 24.1 Å². The van der Waals surface area contributed by atoms with Crippen LogP contribution >= 0.6 is 23.4 Å². The Bertz CT molecular complexity index is 1110. The van der Waals surface area contributed by atoms with E-state index in [0.29, 0.717) is 26.9 Å². The number of hydrogen-bond acceptors (Lipinski definition) is 6. The minimum Gasteiger partial charge on any atom is -0.457 e. The number of dihydropyridines is 1. The molecule has 1 aliphatic rings. The van der Waals surface area contributed by atoms with E-state index in [1.165, 1.54) is 0 Å². The molecule has 0 aliphatic carbocycles. The molecule has 158 valence electrons. The number of hydrogen-bond donors (Lipinski definition) is 2. The zero-order valence-corrected chi connectivity index (χ0v) is 18.3. The van der Waals surface area contributed by atoms with Gasteiger partial charge in [-0.15, -0.1) is 0 Å². The van der Waals surface area contributed by atoms with Crippen LogP contribution in [0.2, 0.25) is 5.02 Å². The molecular weight excluding hydrogens is 434 g/mol. The summed E-state index contributed by atoms with van der Waals surface area (Å²) >= 11 is 7.55. The highest BCUT2D eigenvalue weighted by atomic mass is 35.5. The number of nitrogens with one attached hydrogen (secondary N) is 1. The minimum absolute atomic E-state index is 0.0101. The van der Waals surface area contributed by atoms with Crippen LogP contribution in [-0.4, -0.2) is 17.6 Å². The van der Waals surface area contributed by atoms with E-state index >= 15 is 0 Å². The number of thioether (sulfide) groups is 1. The Morgan fingerprint density at radius 3 is 2.52 bits per heavy atom. The van der Waals surface area contributed by atoms with E-state index in [2.05, 4.69) is 11.4 Å². The summed E-state index contributed by atoms with van der Waals surface area (Å²) in [5, 5.41) is 13.9. The second-order valence-electron chi connectivity index (χ2n) is 6.79. The van der Waals surface area contributed by atoms with Gasteiger partial charge in [-0.2, -0.15) is 5.26 Å². The molecule has 0 saturated carbocycles. The molecule has 2 aromatic rings. The highest BCUT2D eigenvalue weighted by Gasteiger charge is 2.36. The molecule has 0 aromatic heterocycles. The zero-order valence-electron chi connectivity index (χ0n) is 16.7. The van der Waals surface area contributed by atoms with Gasteiger partial charge in [0.1, 0.15) is 6.61 Å². The van der Waals surface area contributed by atoms with Crippen LogP contribution in [0.5, 0.6) is 0 Å². The van der Waals surface area contributed by atoms with Gasteiger partial charge in [0, 0.05) is 10.7 Å². The molecule has 1 atom stereocenters. The molecule has 1 amide bonds. The molecule has 0 radical (unpaired) electrons. The lowest BCUT2D eigenvalue weighted by atomic mass is 9.82. The summed E-state index contributed by atoms with van der Waals surface area (Å²) in [4.78, 5) is 24.4. The maximum absolute atomic E-state index is 13.1. The monoisotopic (exact) mass is 453 g/mol. The molecule has 0 saturated heterocycles. The van der Waals surface area contributed by atoms with Gasteiger partial charge in [0.15, 0.2) is 0 Å². The molecule has 1 unspecified atom stereocenters. The molecule has 6 nitrogen and oxygen atoms in total. The predicted octanol–water partition coefficient (Wildman–Crippen LogP) is 4.00. The first-order chi connectivity index (χ1) is 14.9. The number of allylic oxidation sites excluding steroid dienone is 2. The molecule has 0 fully saturated rings. The van der Waals surface area contributed by atoms with E-state index in [9.17, 15) is 14.9 Å². The van der Waals surface area contributed by atoms with E-state index in [1.807, 2.05) is 30.3 Å². The fourth-order valence-electron chi connectivity index (χ4n) is 3.26. The van der Waals surface area contributed by atoms with Crippen LogP contribution < -0.4 is 11.1 Å². The number of benzene rings is 2. The van der Waals surface area contributed by atoms with Gasteiger partial charge in [-0.25, -0.2) is 4.79 Å². The molecular formula is C23H20ClN3O3S. The van der Waals surface area contributed by atoms with Crippen molar-refractivity contribution in [3.63, 3.8) is 0 Å². The predicted molar refractivity (Wildman–Crippen MR) is 121 cm³/mol. The minimum atomic E-state index is -0.737. The summed E-state index contributed by atoms with van der Waals surface area (Å²) < 4.78 is 5.56. The van der Waals surface area contributed by atoms with Crippen LogP contribution in [0.3, 0.4) is 0 Å². The Hall–Kier alpha value is -3.21. The molecule has 2 aromatic carbocycles. The van der Waals surface area contributed by atoms with Crippen molar-refractivity contribution < 1.29 is 14.3 Å². The molecule has 0 spiro atoms. The van der Waals surface area contributed by atoms with E-state index < -0.39 is 17.8 Å². The number of esters is 1. The lowest BCUT2D eigenvalue weighted by molar-refractivity contribution is -0.140. The van der Waals surface area contributed by atoms with Crippen molar-refractivity contribution in [2.24, 2.45) is 5.73 Å². The Morgan fingerprint density at radius 1 is 1.19 bits per heavy atom. The van der Waals surface area contributed by atoms with Gasteiger partial charge in [0.2, 0.25) is 5.91 Å². The third-order valence-corrected chi connectivity index (χ3v) is 6.04. The number of nitrogens with zero attached hydrogens (tertiary/aromatic N) is 1. The largest absolute Gasteiger partial charge is 0.457 e. The number of rotatable bonds is 7. The summed E-state index contributed by atoms with van der Waals surface area (Å²) in [5.41, 5.74) is 7.81. The van der Waals surface area contributed by atoms with E-state index in [1.54, 1.807) is 31.2 Å². The summed E-state index contributed by atoms with van der Waals surface area (Å²) in [6.07, 6.45) is 0. The highest BCUT2D eigenvalue weighted by Crippen LogP contribution is 2.43. The molecule has 1 heterocycles. The number of nitriles is 1. The number of ether oxygens (including phenoxy) is 1. The molecule has 3 rings (SSSR count). The SMILES string of the molecule is CC1=C(C(=O)OCc2ccccc2)C(c2ccccc2Cl)C(C#N)=C(SCC(N)=O)N1.